The predicted octanol–water partition coefficient (Wildman–Crippen LogP) is 4.67. The highest BCUT2D eigenvalue weighted by molar-refractivity contribution is 5.38. The highest BCUT2D eigenvalue weighted by atomic mass is 14.5. The summed E-state index contributed by atoms with van der Waals surface area (Å²) in [6.07, 6.45) is 7.21. The molecule has 0 heteroatoms. The molecule has 0 aromatic heterocycles. The molecule has 2 aliphatic carbocycles. The fourth-order valence-electron chi connectivity index (χ4n) is 3.68. The van der Waals surface area contributed by atoms with Gasteiger partial charge in [0.2, 0.25) is 0 Å². The van der Waals surface area contributed by atoms with Crippen molar-refractivity contribution in [1.29, 1.82) is 0 Å². The second kappa shape index (κ2) is 3.76. The first-order valence-electron chi connectivity index (χ1n) is 6.16. The number of allylic oxidation sites excluding steroid dienone is 4. The fourth-order valence-corrected chi connectivity index (χ4v) is 3.68. The van der Waals surface area contributed by atoms with Gasteiger partial charge in [0.15, 0.2) is 0 Å². The molecule has 16 heavy (non-hydrogen) atoms. The summed E-state index contributed by atoms with van der Waals surface area (Å²) < 4.78 is 0. The van der Waals surface area contributed by atoms with Crippen LogP contribution < -0.4 is 0 Å². The lowest BCUT2D eigenvalue weighted by Crippen LogP contribution is -2.43. The maximum absolute atomic E-state index is 4.30. The van der Waals surface area contributed by atoms with Crippen molar-refractivity contribution in [3.8, 4) is 0 Å². The van der Waals surface area contributed by atoms with E-state index >= 15 is 0 Å². The van der Waals surface area contributed by atoms with Gasteiger partial charge in [-0.05, 0) is 31.6 Å². The van der Waals surface area contributed by atoms with E-state index in [9.17, 15) is 0 Å². The highest BCUT2D eigenvalue weighted by Gasteiger charge is 2.49. The van der Waals surface area contributed by atoms with Crippen LogP contribution in [0.4, 0.5) is 0 Å². The van der Waals surface area contributed by atoms with Crippen molar-refractivity contribution in [2.45, 2.75) is 32.6 Å². The van der Waals surface area contributed by atoms with Crippen LogP contribution in [-0.4, -0.2) is 0 Å². The zero-order chi connectivity index (χ0) is 11.9. The third-order valence-corrected chi connectivity index (χ3v) is 4.50. The average Bonchev–Trinajstić information content (AvgIpc) is 2.13. The molecule has 0 saturated heterocycles. The van der Waals surface area contributed by atoms with Crippen molar-refractivity contribution in [2.24, 2.45) is 17.3 Å². The summed E-state index contributed by atoms with van der Waals surface area (Å²) in [5.41, 5.74) is 4.19. The Morgan fingerprint density at radius 3 is 2.38 bits per heavy atom. The quantitative estimate of drug-likeness (QED) is 0.586. The van der Waals surface area contributed by atoms with E-state index in [1.807, 2.05) is 0 Å². The van der Waals surface area contributed by atoms with Gasteiger partial charge >= 0.3 is 0 Å². The van der Waals surface area contributed by atoms with Gasteiger partial charge in [0.05, 0.1) is 0 Å². The van der Waals surface area contributed by atoms with Gasteiger partial charge in [0, 0.05) is 11.8 Å². The summed E-state index contributed by atoms with van der Waals surface area (Å²) in [6.45, 7) is 18.7. The molecule has 0 bridgehead atoms. The van der Waals surface area contributed by atoms with E-state index in [4.69, 9.17) is 0 Å². The van der Waals surface area contributed by atoms with Crippen LogP contribution in [-0.2, 0) is 0 Å². The zero-order valence-corrected chi connectivity index (χ0v) is 10.4. The van der Waals surface area contributed by atoms with Crippen LogP contribution in [0.15, 0.2) is 49.1 Å². The van der Waals surface area contributed by atoms with Crippen molar-refractivity contribution < 1.29 is 0 Å². The summed E-state index contributed by atoms with van der Waals surface area (Å²) >= 11 is 0. The molecule has 0 aromatic carbocycles. The summed E-state index contributed by atoms with van der Waals surface area (Å²) in [5.74, 6) is 0.780. The molecule has 0 amide bonds. The Morgan fingerprint density at radius 2 is 2.00 bits per heavy atom. The molecule has 0 N–H and O–H groups in total. The van der Waals surface area contributed by atoms with Crippen molar-refractivity contribution in [1.82, 2.24) is 0 Å². The van der Waals surface area contributed by atoms with Gasteiger partial charge < -0.3 is 0 Å². The molecular formula is C16H22. The molecule has 86 valence electrons. The van der Waals surface area contributed by atoms with Crippen molar-refractivity contribution in [3.63, 3.8) is 0 Å². The molecule has 0 heterocycles. The van der Waals surface area contributed by atoms with Gasteiger partial charge in [-0.15, -0.1) is 6.58 Å². The lowest BCUT2D eigenvalue weighted by molar-refractivity contribution is 0.0740. The van der Waals surface area contributed by atoms with Crippen LogP contribution in [0.2, 0.25) is 0 Å². The first-order chi connectivity index (χ1) is 7.52. The monoisotopic (exact) mass is 214 g/mol. The standard InChI is InChI=1S/C16H22/c1-6-14-13(5)15(11(2)3)12(4)10-16(14)8-7-9-16/h6,14-15H,1-2,4-5,7-10H2,3H3. The molecule has 1 spiro atoms. The Bertz CT molecular complexity index is 365. The summed E-state index contributed by atoms with van der Waals surface area (Å²) in [7, 11) is 0. The first-order valence-corrected chi connectivity index (χ1v) is 6.16. The van der Waals surface area contributed by atoms with Gasteiger partial charge in [0.25, 0.3) is 0 Å². The van der Waals surface area contributed by atoms with Gasteiger partial charge in [-0.1, -0.05) is 49.0 Å². The fraction of sp³-hybridized carbons (Fsp3) is 0.500. The maximum atomic E-state index is 4.30. The second-order valence-corrected chi connectivity index (χ2v) is 5.62. The van der Waals surface area contributed by atoms with Crippen molar-refractivity contribution in [2.75, 3.05) is 0 Å². The lowest BCUT2D eigenvalue weighted by Gasteiger charge is -2.54. The van der Waals surface area contributed by atoms with E-state index in [-0.39, 0.29) is 0 Å². The minimum atomic E-state index is 0.314. The summed E-state index contributed by atoms with van der Waals surface area (Å²) in [5, 5.41) is 0. The zero-order valence-electron chi connectivity index (χ0n) is 10.4. The van der Waals surface area contributed by atoms with E-state index in [1.54, 1.807) is 0 Å². The third-order valence-electron chi connectivity index (χ3n) is 4.50. The first kappa shape index (κ1) is 11.4. The minimum absolute atomic E-state index is 0.314. The SMILES string of the molecule is C=CC1C(=C)C(C(=C)C)C(=C)CC12CCC2. The van der Waals surface area contributed by atoms with E-state index in [0.29, 0.717) is 17.3 Å². The van der Waals surface area contributed by atoms with Gasteiger partial charge in [0.1, 0.15) is 0 Å². The maximum Gasteiger partial charge on any atom is 0.0212 e. The predicted molar refractivity (Wildman–Crippen MR) is 71.2 cm³/mol. The topological polar surface area (TPSA) is 0 Å². The van der Waals surface area contributed by atoms with Gasteiger partial charge in [-0.2, -0.15) is 0 Å². The molecule has 2 unspecified atom stereocenters. The Morgan fingerprint density at radius 1 is 1.38 bits per heavy atom. The molecule has 2 saturated carbocycles. The highest BCUT2D eigenvalue weighted by Crippen LogP contribution is 2.60. The van der Waals surface area contributed by atoms with Crippen LogP contribution in [0.25, 0.3) is 0 Å². The largest absolute Gasteiger partial charge is 0.102 e. The van der Waals surface area contributed by atoms with Crippen molar-refractivity contribution >= 4 is 0 Å². The number of hydrogen-bond acceptors (Lipinski definition) is 0. The Balaban J connectivity index is 2.34. The molecule has 2 fully saturated rings. The number of rotatable bonds is 2. The van der Waals surface area contributed by atoms with Crippen LogP contribution in [0.1, 0.15) is 32.6 Å². The smallest absolute Gasteiger partial charge is 0.0212 e. The molecule has 2 rings (SSSR count). The van der Waals surface area contributed by atoms with E-state index in [2.05, 4.69) is 39.3 Å². The van der Waals surface area contributed by atoms with E-state index in [0.717, 1.165) is 6.42 Å². The normalized spacial score (nSPS) is 32.3. The Hall–Kier alpha value is -1.04. The molecule has 0 aromatic rings. The average molecular weight is 214 g/mol. The van der Waals surface area contributed by atoms with E-state index in [1.165, 1.54) is 36.0 Å². The third kappa shape index (κ3) is 1.43. The minimum Gasteiger partial charge on any atom is -0.102 e. The molecule has 2 atom stereocenters. The Labute approximate surface area is 99.4 Å². The second-order valence-electron chi connectivity index (χ2n) is 5.62. The number of hydrogen-bond donors (Lipinski definition) is 0. The van der Waals surface area contributed by atoms with Crippen LogP contribution >= 0.6 is 0 Å². The molecule has 0 radical (unpaired) electrons. The molecule has 2 aliphatic rings. The van der Waals surface area contributed by atoms with Gasteiger partial charge in [-0.3, -0.25) is 0 Å². The molecular weight excluding hydrogens is 192 g/mol. The lowest BCUT2D eigenvalue weighted by atomic mass is 9.51. The van der Waals surface area contributed by atoms with Crippen molar-refractivity contribution in [3.05, 3.63) is 49.1 Å². The van der Waals surface area contributed by atoms with E-state index < -0.39 is 0 Å². The van der Waals surface area contributed by atoms with Crippen LogP contribution in [0.5, 0.6) is 0 Å². The van der Waals surface area contributed by atoms with Crippen LogP contribution in [0, 0.1) is 17.3 Å². The summed E-state index contributed by atoms with van der Waals surface area (Å²) in [6, 6.07) is 0. The van der Waals surface area contributed by atoms with Gasteiger partial charge in [-0.25, -0.2) is 0 Å². The Kier molecular flexibility index (Phi) is 2.69. The molecule has 0 nitrogen and oxygen atoms in total. The molecule has 0 aliphatic heterocycles. The van der Waals surface area contributed by atoms with Crippen LogP contribution in [0.3, 0.4) is 0 Å². The summed E-state index contributed by atoms with van der Waals surface area (Å²) in [4.78, 5) is 0.